The summed E-state index contributed by atoms with van der Waals surface area (Å²) in [6.45, 7) is 8.77. The van der Waals surface area contributed by atoms with Gasteiger partial charge in [-0.05, 0) is 36.5 Å². The predicted molar refractivity (Wildman–Crippen MR) is 52.1 cm³/mol. The molecule has 0 nitrogen and oxygen atoms in total. The minimum absolute atomic E-state index is 0. The van der Waals surface area contributed by atoms with E-state index in [4.69, 9.17) is 0 Å². The summed E-state index contributed by atoms with van der Waals surface area (Å²) in [5, 5.41) is 0. The van der Waals surface area contributed by atoms with Crippen LogP contribution in [0.1, 0.15) is 37.9 Å². The fourth-order valence-electron chi connectivity index (χ4n) is 1.12. The standard InChI is InChI=1S/C11H16.H2/c1-8(2)11-6-5-9(3)10(4)7-11;/h5-8H,1-4H3;1H/i;1+1. The van der Waals surface area contributed by atoms with Gasteiger partial charge in [0.05, 0.1) is 0 Å². The molecule has 0 aromatic heterocycles. The van der Waals surface area contributed by atoms with Gasteiger partial charge in [-0.2, -0.15) is 0 Å². The lowest BCUT2D eigenvalue weighted by atomic mass is 9.99. The molecular formula is C11H18. The van der Waals surface area contributed by atoms with Gasteiger partial charge in [-0.25, -0.2) is 0 Å². The molecule has 0 aliphatic carbocycles. The monoisotopic (exact) mass is 151 g/mol. The highest BCUT2D eigenvalue weighted by Crippen LogP contribution is 2.17. The third-order valence-corrected chi connectivity index (χ3v) is 2.20. The van der Waals surface area contributed by atoms with Crippen LogP contribution in [-0.4, -0.2) is 0 Å². The highest BCUT2D eigenvalue weighted by Gasteiger charge is 1.99. The van der Waals surface area contributed by atoms with Gasteiger partial charge in [-0.3, -0.25) is 0 Å². The van der Waals surface area contributed by atoms with E-state index in [0.717, 1.165) is 0 Å². The van der Waals surface area contributed by atoms with Gasteiger partial charge in [0.2, 0.25) is 0 Å². The molecule has 0 fully saturated rings. The molecule has 1 aromatic carbocycles. The SMILES string of the molecule is Cc1ccc(C(C)C)cc1C.[2HH]. The average molecular weight is 151 g/mol. The molecule has 62 valence electrons. The van der Waals surface area contributed by atoms with Gasteiger partial charge < -0.3 is 0 Å². The zero-order valence-corrected chi connectivity index (χ0v) is 7.81. The van der Waals surface area contributed by atoms with Crippen LogP contribution in [0.2, 0.25) is 0 Å². The van der Waals surface area contributed by atoms with Crippen LogP contribution in [0, 0.1) is 13.8 Å². The number of hydrogen-bond acceptors (Lipinski definition) is 0. The summed E-state index contributed by atoms with van der Waals surface area (Å²) >= 11 is 0. The molecule has 0 spiro atoms. The van der Waals surface area contributed by atoms with Gasteiger partial charge in [0.1, 0.15) is 0 Å². The molecule has 0 heterocycles. The lowest BCUT2D eigenvalue weighted by Gasteiger charge is -2.07. The molecule has 0 aliphatic heterocycles. The molecule has 0 atom stereocenters. The fraction of sp³-hybridized carbons (Fsp3) is 0.455. The first-order chi connectivity index (χ1) is 5.11. The van der Waals surface area contributed by atoms with E-state index in [1.807, 2.05) is 0 Å². The molecule has 1 rings (SSSR count). The maximum Gasteiger partial charge on any atom is 0 e. The summed E-state index contributed by atoms with van der Waals surface area (Å²) in [5.41, 5.74) is 4.22. The Morgan fingerprint density at radius 3 is 2.18 bits per heavy atom. The van der Waals surface area contributed by atoms with Crippen LogP contribution in [-0.2, 0) is 0 Å². The Balaban J connectivity index is 0.00000121. The van der Waals surface area contributed by atoms with E-state index >= 15 is 0 Å². The molecule has 11 heavy (non-hydrogen) atoms. The minimum Gasteiger partial charge on any atom is -0.0588 e. The maximum absolute atomic E-state index is 2.28. The van der Waals surface area contributed by atoms with Crippen LogP contribution >= 0.6 is 0 Å². The maximum atomic E-state index is 2.28. The predicted octanol–water partition coefficient (Wildman–Crippen LogP) is 3.67. The van der Waals surface area contributed by atoms with Crippen LogP contribution in [0.4, 0.5) is 0 Å². The number of aryl methyl sites for hydroxylation is 2. The van der Waals surface area contributed by atoms with Crippen molar-refractivity contribution < 1.29 is 1.43 Å². The molecular weight excluding hydrogens is 132 g/mol. The topological polar surface area (TPSA) is 0 Å². The Kier molecular flexibility index (Phi) is 2.33. The summed E-state index contributed by atoms with van der Waals surface area (Å²) in [4.78, 5) is 0. The lowest BCUT2D eigenvalue weighted by molar-refractivity contribution is 0.864. The van der Waals surface area contributed by atoms with E-state index in [2.05, 4.69) is 45.9 Å². The zero-order valence-electron chi connectivity index (χ0n) is 7.81. The van der Waals surface area contributed by atoms with E-state index < -0.39 is 0 Å². The van der Waals surface area contributed by atoms with Gasteiger partial charge in [0, 0.05) is 1.43 Å². The van der Waals surface area contributed by atoms with Gasteiger partial charge in [0.25, 0.3) is 0 Å². The molecule has 0 saturated carbocycles. The molecule has 0 aliphatic rings. The largest absolute Gasteiger partial charge is 0.0588 e. The third-order valence-electron chi connectivity index (χ3n) is 2.20. The smallest absolute Gasteiger partial charge is 0 e. The normalized spacial score (nSPS) is 10.6. The van der Waals surface area contributed by atoms with E-state index in [-0.39, 0.29) is 1.43 Å². The highest BCUT2D eigenvalue weighted by atomic mass is 14.0. The second-order valence-corrected chi connectivity index (χ2v) is 3.50. The van der Waals surface area contributed by atoms with Crippen molar-refractivity contribution in [1.29, 1.82) is 0 Å². The van der Waals surface area contributed by atoms with Crippen molar-refractivity contribution in [1.82, 2.24) is 0 Å². The van der Waals surface area contributed by atoms with E-state index in [9.17, 15) is 0 Å². The van der Waals surface area contributed by atoms with Crippen molar-refractivity contribution in [2.45, 2.75) is 33.6 Å². The first kappa shape index (κ1) is 8.32. The van der Waals surface area contributed by atoms with Crippen LogP contribution in [0.25, 0.3) is 0 Å². The summed E-state index contributed by atoms with van der Waals surface area (Å²) in [6.07, 6.45) is 0. The third kappa shape index (κ3) is 1.83. The zero-order chi connectivity index (χ0) is 8.43. The minimum atomic E-state index is 0. The number of hydrogen-bond donors (Lipinski definition) is 0. The van der Waals surface area contributed by atoms with Crippen molar-refractivity contribution in [3.8, 4) is 0 Å². The Hall–Kier alpha value is -0.780. The van der Waals surface area contributed by atoms with Crippen molar-refractivity contribution in [3.05, 3.63) is 34.9 Å². The van der Waals surface area contributed by atoms with Gasteiger partial charge in [0.15, 0.2) is 0 Å². The van der Waals surface area contributed by atoms with Crippen molar-refractivity contribution in [2.24, 2.45) is 0 Å². The van der Waals surface area contributed by atoms with Crippen LogP contribution in [0.15, 0.2) is 18.2 Å². The van der Waals surface area contributed by atoms with Crippen molar-refractivity contribution in [3.63, 3.8) is 0 Å². The Morgan fingerprint density at radius 1 is 1.09 bits per heavy atom. The second kappa shape index (κ2) is 3.08. The second-order valence-electron chi connectivity index (χ2n) is 3.50. The summed E-state index contributed by atoms with van der Waals surface area (Å²) in [6, 6.07) is 6.69. The summed E-state index contributed by atoms with van der Waals surface area (Å²) < 4.78 is 0. The molecule has 0 amide bonds. The van der Waals surface area contributed by atoms with Gasteiger partial charge >= 0.3 is 0 Å². The van der Waals surface area contributed by atoms with E-state index in [1.165, 1.54) is 16.7 Å². The quantitative estimate of drug-likeness (QED) is 0.574. The Labute approximate surface area is 70.7 Å². The molecule has 0 saturated heterocycles. The molecule has 0 unspecified atom stereocenters. The average Bonchev–Trinajstić information content (AvgIpc) is 1.94. The molecule has 0 bridgehead atoms. The first-order valence-electron chi connectivity index (χ1n) is 4.18. The summed E-state index contributed by atoms with van der Waals surface area (Å²) in [7, 11) is 0. The van der Waals surface area contributed by atoms with E-state index in [1.54, 1.807) is 0 Å². The number of rotatable bonds is 1. The van der Waals surface area contributed by atoms with Crippen molar-refractivity contribution >= 4 is 0 Å². The molecule has 1 aromatic rings. The van der Waals surface area contributed by atoms with Gasteiger partial charge in [-0.1, -0.05) is 32.0 Å². The number of benzene rings is 1. The fourth-order valence-corrected chi connectivity index (χ4v) is 1.12. The Morgan fingerprint density at radius 2 is 1.73 bits per heavy atom. The first-order valence-corrected chi connectivity index (χ1v) is 4.18. The van der Waals surface area contributed by atoms with Crippen molar-refractivity contribution in [2.75, 3.05) is 0 Å². The summed E-state index contributed by atoms with van der Waals surface area (Å²) in [5.74, 6) is 0.647. The lowest BCUT2D eigenvalue weighted by Crippen LogP contribution is -1.89. The van der Waals surface area contributed by atoms with Crippen LogP contribution in [0.3, 0.4) is 0 Å². The van der Waals surface area contributed by atoms with Crippen LogP contribution < -0.4 is 0 Å². The van der Waals surface area contributed by atoms with E-state index in [0.29, 0.717) is 5.92 Å². The molecule has 0 radical (unpaired) electrons. The highest BCUT2D eigenvalue weighted by molar-refractivity contribution is 5.31. The Bertz CT molecular complexity index is 251. The molecule has 0 N–H and O–H groups in total. The van der Waals surface area contributed by atoms with Crippen LogP contribution in [0.5, 0.6) is 0 Å². The van der Waals surface area contributed by atoms with Gasteiger partial charge in [-0.15, -0.1) is 0 Å². The molecule has 0 heteroatoms.